The monoisotopic (exact) mass is 163 g/mol. The quantitative estimate of drug-likeness (QED) is 0.495. The Hall–Kier alpha value is -0.240. The molecule has 1 atom stereocenters. The van der Waals surface area contributed by atoms with E-state index in [1.807, 2.05) is 20.8 Å². The molecule has 0 aromatic rings. The highest BCUT2D eigenvalue weighted by Crippen LogP contribution is 2.23. The van der Waals surface area contributed by atoms with Crippen LogP contribution in [0.1, 0.15) is 20.8 Å². The summed E-state index contributed by atoms with van der Waals surface area (Å²) >= 11 is 5.91. The highest BCUT2D eigenvalue weighted by atomic mass is 35.5. The van der Waals surface area contributed by atoms with Gasteiger partial charge in [-0.25, -0.2) is 0 Å². The first-order valence-corrected chi connectivity index (χ1v) is 3.73. The molecule has 0 rings (SSSR count). The van der Waals surface area contributed by atoms with Gasteiger partial charge in [0, 0.05) is 6.54 Å². The van der Waals surface area contributed by atoms with Crippen molar-refractivity contribution >= 4 is 18.0 Å². The minimum atomic E-state index is -0.00213. The van der Waals surface area contributed by atoms with Gasteiger partial charge >= 0.3 is 0 Å². The molecule has 0 aliphatic carbocycles. The summed E-state index contributed by atoms with van der Waals surface area (Å²) < 4.78 is 0. The maximum Gasteiger partial charge on any atom is 0.207 e. The molecule has 0 heterocycles. The summed E-state index contributed by atoms with van der Waals surface area (Å²) in [7, 11) is 0. The van der Waals surface area contributed by atoms with E-state index in [0.717, 1.165) is 0 Å². The zero-order valence-electron chi connectivity index (χ0n) is 6.65. The summed E-state index contributed by atoms with van der Waals surface area (Å²) in [6.07, 6.45) is 0.668. The summed E-state index contributed by atoms with van der Waals surface area (Å²) in [5.41, 5.74) is 0.0531. The van der Waals surface area contributed by atoms with Gasteiger partial charge in [-0.2, -0.15) is 0 Å². The number of hydrogen-bond donors (Lipinski definition) is 1. The standard InChI is InChI=1S/C7H14ClNO/c1-7(2,3)6(8)4-9-5-10/h5-6H,4H2,1-3H3,(H,9,10). The minimum absolute atomic E-state index is 0.00213. The molecule has 1 amide bonds. The van der Waals surface area contributed by atoms with Gasteiger partial charge < -0.3 is 5.32 Å². The van der Waals surface area contributed by atoms with Gasteiger partial charge in [0.05, 0.1) is 5.38 Å². The molecule has 3 heteroatoms. The minimum Gasteiger partial charge on any atom is -0.357 e. The van der Waals surface area contributed by atoms with Gasteiger partial charge in [0.2, 0.25) is 6.41 Å². The number of halogens is 1. The molecule has 0 saturated heterocycles. The van der Waals surface area contributed by atoms with Crippen LogP contribution >= 0.6 is 11.6 Å². The average Bonchev–Trinajstić information content (AvgIpc) is 1.80. The topological polar surface area (TPSA) is 29.1 Å². The van der Waals surface area contributed by atoms with E-state index in [0.29, 0.717) is 13.0 Å². The molecule has 0 spiro atoms. The molecule has 0 aromatic carbocycles. The first-order chi connectivity index (χ1) is 4.48. The van der Waals surface area contributed by atoms with Crippen molar-refractivity contribution < 1.29 is 4.79 Å². The molecule has 0 aromatic heterocycles. The van der Waals surface area contributed by atoms with Crippen LogP contribution < -0.4 is 5.32 Å². The largest absolute Gasteiger partial charge is 0.357 e. The Bertz CT molecular complexity index is 109. The van der Waals surface area contributed by atoms with Crippen molar-refractivity contribution in [3.05, 3.63) is 0 Å². The van der Waals surface area contributed by atoms with Gasteiger partial charge in [0.1, 0.15) is 0 Å². The second-order valence-corrected chi connectivity index (χ2v) is 3.89. The fourth-order valence-electron chi connectivity index (χ4n) is 0.458. The molecule has 0 fully saturated rings. The lowest BCUT2D eigenvalue weighted by Crippen LogP contribution is -2.31. The third kappa shape index (κ3) is 3.72. The lowest BCUT2D eigenvalue weighted by molar-refractivity contribution is -0.109. The number of rotatable bonds is 3. The summed E-state index contributed by atoms with van der Waals surface area (Å²) in [5.74, 6) is 0. The van der Waals surface area contributed by atoms with Crippen molar-refractivity contribution in [1.82, 2.24) is 5.32 Å². The van der Waals surface area contributed by atoms with Gasteiger partial charge in [-0.1, -0.05) is 20.8 Å². The van der Waals surface area contributed by atoms with Gasteiger partial charge in [0.15, 0.2) is 0 Å². The second kappa shape index (κ2) is 3.81. The zero-order valence-corrected chi connectivity index (χ0v) is 7.40. The zero-order chi connectivity index (χ0) is 8.20. The maximum absolute atomic E-state index is 9.87. The highest BCUT2D eigenvalue weighted by Gasteiger charge is 2.21. The lowest BCUT2D eigenvalue weighted by Gasteiger charge is -2.24. The van der Waals surface area contributed by atoms with Crippen molar-refractivity contribution in [1.29, 1.82) is 0 Å². The second-order valence-electron chi connectivity index (χ2n) is 3.36. The maximum atomic E-state index is 9.87. The number of carbonyl (C=O) groups is 1. The molecule has 2 nitrogen and oxygen atoms in total. The Balaban J connectivity index is 3.61. The lowest BCUT2D eigenvalue weighted by atomic mass is 9.92. The predicted molar refractivity (Wildman–Crippen MR) is 43.2 cm³/mol. The molecule has 1 unspecified atom stereocenters. The van der Waals surface area contributed by atoms with Crippen LogP contribution in [0.2, 0.25) is 0 Å². The fourth-order valence-corrected chi connectivity index (χ4v) is 0.547. The van der Waals surface area contributed by atoms with Gasteiger partial charge in [-0.15, -0.1) is 11.6 Å². The van der Waals surface area contributed by atoms with Crippen LogP contribution in [0.3, 0.4) is 0 Å². The van der Waals surface area contributed by atoms with Crippen LogP contribution in [0.15, 0.2) is 0 Å². The Morgan fingerprint density at radius 2 is 2.10 bits per heavy atom. The van der Waals surface area contributed by atoms with Crippen molar-refractivity contribution in [2.45, 2.75) is 26.1 Å². The third-order valence-corrected chi connectivity index (χ3v) is 2.13. The van der Waals surface area contributed by atoms with Crippen LogP contribution in [-0.2, 0) is 4.79 Å². The van der Waals surface area contributed by atoms with E-state index >= 15 is 0 Å². The fraction of sp³-hybridized carbons (Fsp3) is 0.857. The SMILES string of the molecule is CC(C)(C)C(Cl)CNC=O. The van der Waals surface area contributed by atoms with Crippen molar-refractivity contribution in [2.75, 3.05) is 6.54 Å². The van der Waals surface area contributed by atoms with Crippen LogP contribution in [-0.4, -0.2) is 18.3 Å². The van der Waals surface area contributed by atoms with E-state index in [1.165, 1.54) is 0 Å². The summed E-state index contributed by atoms with van der Waals surface area (Å²) in [6, 6.07) is 0. The molecule has 0 aliphatic heterocycles. The van der Waals surface area contributed by atoms with Crippen LogP contribution in [0.25, 0.3) is 0 Å². The molecule has 1 N–H and O–H groups in total. The molecule has 0 bridgehead atoms. The Labute approximate surface area is 66.9 Å². The number of alkyl halides is 1. The van der Waals surface area contributed by atoms with E-state index in [2.05, 4.69) is 5.32 Å². The van der Waals surface area contributed by atoms with E-state index in [-0.39, 0.29) is 10.8 Å². The van der Waals surface area contributed by atoms with Crippen LogP contribution in [0.4, 0.5) is 0 Å². The van der Waals surface area contributed by atoms with E-state index in [1.54, 1.807) is 0 Å². The highest BCUT2D eigenvalue weighted by molar-refractivity contribution is 6.21. The summed E-state index contributed by atoms with van der Waals surface area (Å²) in [4.78, 5) is 9.87. The summed E-state index contributed by atoms with van der Waals surface area (Å²) in [5, 5.41) is 2.54. The Morgan fingerprint density at radius 1 is 1.60 bits per heavy atom. The van der Waals surface area contributed by atoms with Crippen molar-refractivity contribution in [3.63, 3.8) is 0 Å². The smallest absolute Gasteiger partial charge is 0.207 e. The van der Waals surface area contributed by atoms with Gasteiger partial charge in [0.25, 0.3) is 0 Å². The molecule has 0 saturated carbocycles. The molecular weight excluding hydrogens is 150 g/mol. The normalized spacial score (nSPS) is 14.4. The molecule has 0 aliphatic rings. The molecular formula is C7H14ClNO. The van der Waals surface area contributed by atoms with Crippen molar-refractivity contribution in [3.8, 4) is 0 Å². The number of hydrogen-bond acceptors (Lipinski definition) is 1. The van der Waals surface area contributed by atoms with Gasteiger partial charge in [-0.05, 0) is 5.41 Å². The molecule has 10 heavy (non-hydrogen) atoms. The Kier molecular flexibility index (Phi) is 3.72. The van der Waals surface area contributed by atoms with E-state index in [4.69, 9.17) is 11.6 Å². The van der Waals surface area contributed by atoms with E-state index in [9.17, 15) is 4.79 Å². The number of amides is 1. The summed E-state index contributed by atoms with van der Waals surface area (Å²) in [6.45, 7) is 6.65. The number of carbonyl (C=O) groups excluding carboxylic acids is 1. The first-order valence-electron chi connectivity index (χ1n) is 3.29. The molecule has 60 valence electrons. The van der Waals surface area contributed by atoms with Crippen LogP contribution in [0.5, 0.6) is 0 Å². The first kappa shape index (κ1) is 9.76. The predicted octanol–water partition coefficient (Wildman–Crippen LogP) is 1.39. The van der Waals surface area contributed by atoms with Gasteiger partial charge in [-0.3, -0.25) is 4.79 Å². The molecule has 0 radical (unpaired) electrons. The average molecular weight is 164 g/mol. The Morgan fingerprint density at radius 3 is 2.40 bits per heavy atom. The van der Waals surface area contributed by atoms with Crippen molar-refractivity contribution in [2.24, 2.45) is 5.41 Å². The van der Waals surface area contributed by atoms with E-state index < -0.39 is 0 Å². The van der Waals surface area contributed by atoms with Crippen LogP contribution in [0, 0.1) is 5.41 Å². The number of nitrogens with one attached hydrogen (secondary N) is 1. The third-order valence-electron chi connectivity index (χ3n) is 1.32.